The van der Waals surface area contributed by atoms with Gasteiger partial charge in [-0.2, -0.15) is 0 Å². The molecule has 1 aromatic heterocycles. The smallest absolute Gasteiger partial charge is 0.338 e. The fraction of sp³-hybridized carbons (Fsp3) is 0.0417. The van der Waals surface area contributed by atoms with Crippen LogP contribution < -0.4 is 10.6 Å². The van der Waals surface area contributed by atoms with Crippen molar-refractivity contribution in [1.29, 1.82) is 0 Å². The second kappa shape index (κ2) is 9.23. The van der Waals surface area contributed by atoms with Gasteiger partial charge in [0, 0.05) is 16.8 Å². The van der Waals surface area contributed by atoms with Crippen molar-refractivity contribution in [1.82, 2.24) is 0 Å². The van der Waals surface area contributed by atoms with Gasteiger partial charge in [0.2, 0.25) is 0 Å². The maximum atomic E-state index is 12.4. The van der Waals surface area contributed by atoms with Gasteiger partial charge in [0.1, 0.15) is 0 Å². The maximum Gasteiger partial charge on any atom is 0.338 e. The largest absolute Gasteiger partial charge is 0.452 e. The summed E-state index contributed by atoms with van der Waals surface area (Å²) in [4.78, 5) is 37.4. The lowest BCUT2D eigenvalue weighted by molar-refractivity contribution is -0.119. The third-order valence-electron chi connectivity index (χ3n) is 4.50. The number of carbonyl (C=O) groups is 3. The van der Waals surface area contributed by atoms with Crippen molar-refractivity contribution >= 4 is 51.3 Å². The maximum absolute atomic E-state index is 12.4. The van der Waals surface area contributed by atoms with Crippen LogP contribution in [-0.2, 0) is 9.53 Å². The summed E-state index contributed by atoms with van der Waals surface area (Å²) in [6, 6.07) is 23.2. The molecule has 7 heteroatoms. The molecule has 0 saturated heterocycles. The van der Waals surface area contributed by atoms with Crippen LogP contribution in [0, 0.1) is 0 Å². The Balaban J connectivity index is 1.36. The molecule has 0 unspecified atom stereocenters. The monoisotopic (exact) mass is 430 g/mol. The van der Waals surface area contributed by atoms with E-state index in [1.54, 1.807) is 36.4 Å². The van der Waals surface area contributed by atoms with Crippen LogP contribution in [0.5, 0.6) is 0 Å². The molecule has 154 valence electrons. The van der Waals surface area contributed by atoms with E-state index in [0.29, 0.717) is 16.3 Å². The number of rotatable bonds is 6. The van der Waals surface area contributed by atoms with Gasteiger partial charge in [0.05, 0.1) is 10.4 Å². The number of fused-ring (bicyclic) bond motifs is 1. The van der Waals surface area contributed by atoms with Crippen molar-refractivity contribution in [3.63, 3.8) is 0 Å². The molecule has 2 N–H and O–H groups in total. The standard InChI is InChI=1S/C24H18N2O4S/c27-22(26-20-11-4-7-16-6-1-2-10-19(16)20)15-30-24(29)17-8-3-9-18(14-17)25-23(28)21-12-5-13-31-21/h1-14H,15H2,(H,25,28)(H,26,27). The summed E-state index contributed by atoms with van der Waals surface area (Å²) >= 11 is 1.33. The van der Waals surface area contributed by atoms with E-state index in [2.05, 4.69) is 10.6 Å². The van der Waals surface area contributed by atoms with E-state index in [4.69, 9.17) is 4.74 Å². The van der Waals surface area contributed by atoms with Gasteiger partial charge >= 0.3 is 5.97 Å². The van der Waals surface area contributed by atoms with Crippen molar-refractivity contribution < 1.29 is 19.1 Å². The summed E-state index contributed by atoms with van der Waals surface area (Å²) in [5, 5.41) is 9.22. The molecule has 31 heavy (non-hydrogen) atoms. The number of ether oxygens (including phenoxy) is 1. The molecular weight excluding hydrogens is 412 g/mol. The van der Waals surface area contributed by atoms with Crippen molar-refractivity contribution in [2.24, 2.45) is 0 Å². The predicted octanol–water partition coefficient (Wildman–Crippen LogP) is 4.95. The summed E-state index contributed by atoms with van der Waals surface area (Å²) < 4.78 is 5.14. The number of esters is 1. The molecule has 0 bridgehead atoms. The predicted molar refractivity (Wildman–Crippen MR) is 122 cm³/mol. The fourth-order valence-electron chi connectivity index (χ4n) is 3.06. The SMILES string of the molecule is O=C(COC(=O)c1cccc(NC(=O)c2cccs2)c1)Nc1cccc2ccccc12. The molecule has 0 atom stereocenters. The zero-order chi connectivity index (χ0) is 21.6. The molecule has 6 nitrogen and oxygen atoms in total. The van der Waals surface area contributed by atoms with Crippen LogP contribution in [0.2, 0.25) is 0 Å². The first-order chi connectivity index (χ1) is 15.1. The zero-order valence-corrected chi connectivity index (χ0v) is 17.1. The van der Waals surface area contributed by atoms with Crippen LogP contribution in [0.15, 0.2) is 84.2 Å². The van der Waals surface area contributed by atoms with Gasteiger partial charge in [-0.3, -0.25) is 9.59 Å². The molecule has 0 aliphatic carbocycles. The van der Waals surface area contributed by atoms with E-state index in [9.17, 15) is 14.4 Å². The van der Waals surface area contributed by atoms with Crippen LogP contribution in [0.3, 0.4) is 0 Å². The van der Waals surface area contributed by atoms with Crippen LogP contribution in [0.25, 0.3) is 10.8 Å². The van der Waals surface area contributed by atoms with Crippen molar-refractivity contribution in [3.8, 4) is 0 Å². The van der Waals surface area contributed by atoms with Crippen LogP contribution in [-0.4, -0.2) is 24.4 Å². The van der Waals surface area contributed by atoms with Crippen LogP contribution in [0.4, 0.5) is 11.4 Å². The Kier molecular flexibility index (Phi) is 6.05. The van der Waals surface area contributed by atoms with Gasteiger partial charge in [0.15, 0.2) is 6.61 Å². The summed E-state index contributed by atoms with van der Waals surface area (Å²) in [7, 11) is 0. The minimum Gasteiger partial charge on any atom is -0.452 e. The minimum atomic E-state index is -0.653. The van der Waals surface area contributed by atoms with E-state index in [-0.39, 0.29) is 11.5 Å². The normalized spacial score (nSPS) is 10.5. The van der Waals surface area contributed by atoms with Gasteiger partial charge in [-0.05, 0) is 41.1 Å². The Morgan fingerprint density at radius 3 is 2.48 bits per heavy atom. The van der Waals surface area contributed by atoms with Gasteiger partial charge in [-0.1, -0.05) is 48.5 Å². The Morgan fingerprint density at radius 2 is 1.65 bits per heavy atom. The third-order valence-corrected chi connectivity index (χ3v) is 5.37. The number of amides is 2. The Morgan fingerprint density at radius 1 is 0.839 bits per heavy atom. The number of thiophene rings is 1. The molecule has 0 aliphatic heterocycles. The summed E-state index contributed by atoms with van der Waals surface area (Å²) in [6.07, 6.45) is 0. The van der Waals surface area contributed by atoms with Crippen molar-refractivity contribution in [2.45, 2.75) is 0 Å². The molecule has 0 spiro atoms. The van der Waals surface area contributed by atoms with Crippen LogP contribution in [0.1, 0.15) is 20.0 Å². The second-order valence-corrected chi connectivity index (χ2v) is 7.61. The zero-order valence-electron chi connectivity index (χ0n) is 16.3. The Labute approximate surface area is 182 Å². The molecular formula is C24H18N2O4S. The third kappa shape index (κ3) is 4.96. The highest BCUT2D eigenvalue weighted by atomic mass is 32.1. The molecule has 3 aromatic carbocycles. The average Bonchev–Trinajstić information content (AvgIpc) is 3.33. The number of hydrogen-bond acceptors (Lipinski definition) is 5. The molecule has 1 heterocycles. The first kappa shape index (κ1) is 20.3. The first-order valence-electron chi connectivity index (χ1n) is 9.50. The number of carbonyl (C=O) groups excluding carboxylic acids is 3. The first-order valence-corrected chi connectivity index (χ1v) is 10.4. The fourth-order valence-corrected chi connectivity index (χ4v) is 3.68. The van der Waals surface area contributed by atoms with E-state index in [0.717, 1.165) is 10.8 Å². The molecule has 0 fully saturated rings. The minimum absolute atomic E-state index is 0.238. The van der Waals surface area contributed by atoms with E-state index < -0.39 is 18.5 Å². The molecule has 4 rings (SSSR count). The lowest BCUT2D eigenvalue weighted by atomic mass is 10.1. The quantitative estimate of drug-likeness (QED) is 0.424. The molecule has 0 aliphatic rings. The van der Waals surface area contributed by atoms with Gasteiger partial charge in [0.25, 0.3) is 11.8 Å². The average molecular weight is 430 g/mol. The van der Waals surface area contributed by atoms with Gasteiger partial charge in [-0.25, -0.2) is 4.79 Å². The van der Waals surface area contributed by atoms with Crippen molar-refractivity contribution in [2.75, 3.05) is 17.2 Å². The summed E-state index contributed by atoms with van der Waals surface area (Å²) in [6.45, 7) is -0.423. The van der Waals surface area contributed by atoms with E-state index in [1.165, 1.54) is 17.4 Å². The Hall–Kier alpha value is -3.97. The highest BCUT2D eigenvalue weighted by Gasteiger charge is 2.13. The number of nitrogens with one attached hydrogen (secondary N) is 2. The summed E-state index contributed by atoms with van der Waals surface area (Å²) in [5.41, 5.74) is 1.35. The van der Waals surface area contributed by atoms with Gasteiger partial charge < -0.3 is 15.4 Å². The highest BCUT2D eigenvalue weighted by molar-refractivity contribution is 7.12. The highest BCUT2D eigenvalue weighted by Crippen LogP contribution is 2.23. The lowest BCUT2D eigenvalue weighted by Crippen LogP contribution is -2.21. The van der Waals surface area contributed by atoms with Crippen molar-refractivity contribution in [3.05, 3.63) is 94.7 Å². The lowest BCUT2D eigenvalue weighted by Gasteiger charge is -2.10. The number of hydrogen-bond donors (Lipinski definition) is 2. The topological polar surface area (TPSA) is 84.5 Å². The molecule has 0 saturated carbocycles. The molecule has 0 radical (unpaired) electrons. The second-order valence-electron chi connectivity index (χ2n) is 6.66. The number of benzene rings is 3. The van der Waals surface area contributed by atoms with Crippen LogP contribution >= 0.6 is 11.3 Å². The molecule has 2 amide bonds. The van der Waals surface area contributed by atoms with E-state index in [1.807, 2.05) is 41.8 Å². The summed E-state index contributed by atoms with van der Waals surface area (Å²) in [5.74, 6) is -1.35. The molecule has 4 aromatic rings. The van der Waals surface area contributed by atoms with E-state index >= 15 is 0 Å². The van der Waals surface area contributed by atoms with Gasteiger partial charge in [-0.15, -0.1) is 11.3 Å². The number of anilines is 2. The Bertz CT molecular complexity index is 1250.